The average Bonchev–Trinajstić information content (AvgIpc) is 3.29. The zero-order chi connectivity index (χ0) is 17.2. The molecule has 0 aliphatic rings. The van der Waals surface area contributed by atoms with Crippen LogP contribution >= 0.6 is 15.9 Å². The number of halogens is 1. The molecule has 1 N–H and O–H groups in total. The number of benzene rings is 1. The predicted molar refractivity (Wildman–Crippen MR) is 93.2 cm³/mol. The Morgan fingerprint density at radius 2 is 2.12 bits per heavy atom. The van der Waals surface area contributed by atoms with Gasteiger partial charge in [-0.15, -0.1) is 5.10 Å². The Balaban J connectivity index is 1.54. The van der Waals surface area contributed by atoms with E-state index in [4.69, 9.17) is 0 Å². The van der Waals surface area contributed by atoms with Gasteiger partial charge in [-0.2, -0.15) is 10.1 Å². The fourth-order valence-electron chi connectivity index (χ4n) is 2.41. The normalized spacial score (nSPS) is 10.9. The van der Waals surface area contributed by atoms with Crippen LogP contribution in [0.2, 0.25) is 0 Å². The van der Waals surface area contributed by atoms with Gasteiger partial charge in [0.25, 0.3) is 11.7 Å². The Morgan fingerprint density at radius 1 is 1.24 bits per heavy atom. The maximum absolute atomic E-state index is 12.4. The van der Waals surface area contributed by atoms with E-state index in [1.54, 1.807) is 23.3 Å². The zero-order valence-corrected chi connectivity index (χ0v) is 14.5. The summed E-state index contributed by atoms with van der Waals surface area (Å²) in [6.45, 7) is 0.335. The number of nitrogens with one attached hydrogen (secondary N) is 1. The van der Waals surface area contributed by atoms with Crippen molar-refractivity contribution in [2.24, 2.45) is 0 Å². The van der Waals surface area contributed by atoms with Crippen LogP contribution in [0.15, 0.2) is 59.6 Å². The minimum absolute atomic E-state index is 0.0715. The van der Waals surface area contributed by atoms with Gasteiger partial charge in [0.15, 0.2) is 0 Å². The van der Waals surface area contributed by atoms with Crippen LogP contribution in [0.25, 0.3) is 11.5 Å². The number of aromatic nitrogens is 6. The standard InChI is InChI=1S/C16H12BrN7O/c17-12-9-19-16-21-14(22-24(16)10-12)15(25)18-8-11-4-1-2-5-13(11)23-7-3-6-20-23/h1-7,9-10H,8H2,(H,18,25). The second-order valence-corrected chi connectivity index (χ2v) is 6.13. The van der Waals surface area contributed by atoms with E-state index in [2.05, 4.69) is 41.4 Å². The lowest BCUT2D eigenvalue weighted by Crippen LogP contribution is -2.24. The molecule has 0 atom stereocenters. The molecule has 1 amide bonds. The summed E-state index contributed by atoms with van der Waals surface area (Å²) in [7, 11) is 0. The van der Waals surface area contributed by atoms with Crippen molar-refractivity contribution in [2.75, 3.05) is 0 Å². The minimum atomic E-state index is -0.364. The minimum Gasteiger partial charge on any atom is -0.345 e. The number of nitrogens with zero attached hydrogens (tertiary/aromatic N) is 6. The summed E-state index contributed by atoms with van der Waals surface area (Å²) < 4.78 is 3.97. The van der Waals surface area contributed by atoms with Crippen molar-refractivity contribution in [1.29, 1.82) is 0 Å². The molecule has 124 valence electrons. The second kappa shape index (κ2) is 6.44. The molecule has 0 spiro atoms. The van der Waals surface area contributed by atoms with Crippen LogP contribution < -0.4 is 5.32 Å². The Hall–Kier alpha value is -3.07. The van der Waals surface area contributed by atoms with Gasteiger partial charge in [0.2, 0.25) is 5.82 Å². The van der Waals surface area contributed by atoms with Crippen molar-refractivity contribution in [3.05, 3.63) is 71.0 Å². The number of hydrogen-bond acceptors (Lipinski definition) is 5. The second-order valence-electron chi connectivity index (χ2n) is 5.21. The highest BCUT2D eigenvalue weighted by molar-refractivity contribution is 9.10. The summed E-state index contributed by atoms with van der Waals surface area (Å²) in [4.78, 5) is 20.6. The van der Waals surface area contributed by atoms with Gasteiger partial charge in [-0.05, 0) is 33.6 Å². The first-order valence-electron chi connectivity index (χ1n) is 7.45. The van der Waals surface area contributed by atoms with Crippen LogP contribution in [-0.2, 0) is 6.54 Å². The first kappa shape index (κ1) is 15.5. The summed E-state index contributed by atoms with van der Waals surface area (Å²) in [6, 6.07) is 9.57. The van der Waals surface area contributed by atoms with E-state index in [0.717, 1.165) is 15.7 Å². The van der Waals surface area contributed by atoms with E-state index < -0.39 is 0 Å². The molecule has 3 aromatic heterocycles. The molecule has 0 radical (unpaired) electrons. The molecule has 8 nitrogen and oxygen atoms in total. The SMILES string of the molecule is O=C(NCc1ccccc1-n1cccn1)c1nc2ncc(Br)cn2n1. The van der Waals surface area contributed by atoms with Crippen molar-refractivity contribution >= 4 is 27.6 Å². The number of rotatable bonds is 4. The maximum Gasteiger partial charge on any atom is 0.291 e. The molecule has 0 unspecified atom stereocenters. The number of para-hydroxylation sites is 1. The molecule has 0 aliphatic heterocycles. The average molecular weight is 398 g/mol. The Morgan fingerprint density at radius 3 is 2.96 bits per heavy atom. The summed E-state index contributed by atoms with van der Waals surface area (Å²) >= 11 is 3.31. The fourth-order valence-corrected chi connectivity index (χ4v) is 2.70. The van der Waals surface area contributed by atoms with Crippen LogP contribution in [0.1, 0.15) is 16.2 Å². The fraction of sp³-hybridized carbons (Fsp3) is 0.0625. The highest BCUT2D eigenvalue weighted by Crippen LogP contribution is 2.13. The van der Waals surface area contributed by atoms with Crippen LogP contribution in [0.3, 0.4) is 0 Å². The molecular weight excluding hydrogens is 386 g/mol. The third-order valence-electron chi connectivity index (χ3n) is 3.55. The summed E-state index contributed by atoms with van der Waals surface area (Å²) in [6.07, 6.45) is 6.86. The quantitative estimate of drug-likeness (QED) is 0.568. The summed E-state index contributed by atoms with van der Waals surface area (Å²) in [5.41, 5.74) is 1.84. The van der Waals surface area contributed by atoms with Crippen molar-refractivity contribution in [1.82, 2.24) is 34.7 Å². The van der Waals surface area contributed by atoms with Gasteiger partial charge in [0.1, 0.15) is 0 Å². The first-order valence-corrected chi connectivity index (χ1v) is 8.24. The van der Waals surface area contributed by atoms with Gasteiger partial charge in [-0.1, -0.05) is 18.2 Å². The molecule has 4 aromatic rings. The number of fused-ring (bicyclic) bond motifs is 1. The number of carbonyl (C=O) groups excluding carboxylic acids is 1. The lowest BCUT2D eigenvalue weighted by molar-refractivity contribution is 0.0940. The van der Waals surface area contributed by atoms with Gasteiger partial charge in [0, 0.05) is 31.3 Å². The third-order valence-corrected chi connectivity index (χ3v) is 3.96. The Bertz CT molecular complexity index is 1040. The summed E-state index contributed by atoms with van der Waals surface area (Å²) in [5, 5.41) is 11.2. The molecule has 0 aliphatic carbocycles. The Labute approximate surface area is 150 Å². The number of amides is 1. The molecule has 9 heteroatoms. The molecule has 3 heterocycles. The van der Waals surface area contributed by atoms with Gasteiger partial charge >= 0.3 is 0 Å². The molecule has 25 heavy (non-hydrogen) atoms. The van der Waals surface area contributed by atoms with Gasteiger partial charge < -0.3 is 5.32 Å². The van der Waals surface area contributed by atoms with Crippen molar-refractivity contribution in [2.45, 2.75) is 6.54 Å². The monoisotopic (exact) mass is 397 g/mol. The van der Waals surface area contributed by atoms with E-state index in [1.165, 1.54) is 4.52 Å². The molecular formula is C16H12BrN7O. The zero-order valence-electron chi connectivity index (χ0n) is 12.9. The molecule has 0 fully saturated rings. The highest BCUT2D eigenvalue weighted by Gasteiger charge is 2.14. The van der Waals surface area contributed by atoms with E-state index >= 15 is 0 Å². The van der Waals surface area contributed by atoms with E-state index in [0.29, 0.717) is 12.3 Å². The van der Waals surface area contributed by atoms with Gasteiger partial charge in [-0.3, -0.25) is 4.79 Å². The van der Waals surface area contributed by atoms with Crippen LogP contribution in [0.5, 0.6) is 0 Å². The lowest BCUT2D eigenvalue weighted by Gasteiger charge is -2.09. The first-order chi connectivity index (χ1) is 12.2. The van der Waals surface area contributed by atoms with Crippen molar-refractivity contribution in [3.8, 4) is 5.69 Å². The van der Waals surface area contributed by atoms with E-state index in [9.17, 15) is 4.79 Å². The Kier molecular flexibility index (Phi) is 3.98. The highest BCUT2D eigenvalue weighted by atomic mass is 79.9. The molecule has 0 bridgehead atoms. The smallest absolute Gasteiger partial charge is 0.291 e. The van der Waals surface area contributed by atoms with Gasteiger partial charge in [0.05, 0.1) is 10.2 Å². The van der Waals surface area contributed by atoms with Crippen LogP contribution in [0, 0.1) is 0 Å². The van der Waals surface area contributed by atoms with E-state index in [1.807, 2.05) is 36.5 Å². The summed E-state index contributed by atoms with van der Waals surface area (Å²) in [5.74, 6) is 0.0735. The molecule has 0 saturated heterocycles. The predicted octanol–water partition coefficient (Wildman–Crippen LogP) is 2.00. The van der Waals surface area contributed by atoms with Crippen molar-refractivity contribution in [3.63, 3.8) is 0 Å². The largest absolute Gasteiger partial charge is 0.345 e. The number of carbonyl (C=O) groups is 1. The maximum atomic E-state index is 12.4. The van der Waals surface area contributed by atoms with E-state index in [-0.39, 0.29) is 11.7 Å². The topological polar surface area (TPSA) is 90.0 Å². The third kappa shape index (κ3) is 3.13. The van der Waals surface area contributed by atoms with Crippen molar-refractivity contribution < 1.29 is 4.79 Å². The van der Waals surface area contributed by atoms with Crippen LogP contribution in [0.4, 0.5) is 0 Å². The number of hydrogen-bond donors (Lipinski definition) is 1. The molecule has 0 saturated carbocycles. The molecule has 4 rings (SSSR count). The van der Waals surface area contributed by atoms with Gasteiger partial charge in [-0.25, -0.2) is 14.2 Å². The molecule has 1 aromatic carbocycles. The lowest BCUT2D eigenvalue weighted by atomic mass is 10.2. The van der Waals surface area contributed by atoms with Crippen LogP contribution in [-0.4, -0.2) is 35.3 Å².